The highest BCUT2D eigenvalue weighted by Gasteiger charge is 2.22. The van der Waals surface area contributed by atoms with E-state index in [0.717, 1.165) is 6.07 Å². The summed E-state index contributed by atoms with van der Waals surface area (Å²) in [6.45, 7) is 0. The van der Waals surface area contributed by atoms with Gasteiger partial charge < -0.3 is 5.73 Å². The molecule has 9 heteroatoms. The second kappa shape index (κ2) is 4.07. The van der Waals surface area contributed by atoms with Crippen LogP contribution in [-0.4, -0.2) is 13.4 Å². The van der Waals surface area contributed by atoms with Crippen molar-refractivity contribution >= 4 is 37.0 Å². The normalized spacial score (nSPS) is 12.1. The average Bonchev–Trinajstić information content (AvgIpc) is 2.06. The van der Waals surface area contributed by atoms with Crippen LogP contribution in [0.15, 0.2) is 11.1 Å². The third kappa shape index (κ3) is 2.67. The van der Waals surface area contributed by atoms with Crippen LogP contribution >= 0.6 is 22.3 Å². The van der Waals surface area contributed by atoms with E-state index in [2.05, 4.69) is 4.98 Å². The van der Waals surface area contributed by atoms with Crippen molar-refractivity contribution in [1.82, 2.24) is 4.98 Å². The fourth-order valence-corrected chi connectivity index (χ4v) is 1.71. The zero-order valence-corrected chi connectivity index (χ0v) is 9.24. The zero-order valence-electron chi connectivity index (χ0n) is 6.92. The van der Waals surface area contributed by atoms with Gasteiger partial charge in [0.15, 0.2) is 5.03 Å². The zero-order chi connectivity index (χ0) is 11.8. The lowest BCUT2D eigenvalue weighted by atomic mass is 10.3. The van der Waals surface area contributed by atoms with Gasteiger partial charge in [0.2, 0.25) is 0 Å². The van der Waals surface area contributed by atoms with Gasteiger partial charge in [-0.2, -0.15) is 0 Å². The fourth-order valence-electron chi connectivity index (χ4n) is 0.814. The number of hydrogen-bond donors (Lipinski definition) is 1. The number of nitrogens with zero attached hydrogens (tertiary/aromatic N) is 1. The number of nitrogen functional groups attached to an aromatic ring is 1. The highest BCUT2D eigenvalue weighted by Crippen LogP contribution is 2.31. The maximum absolute atomic E-state index is 12.3. The highest BCUT2D eigenvalue weighted by atomic mass is 35.7. The predicted octanol–water partition coefficient (Wildman–Crippen LogP) is 2.18. The summed E-state index contributed by atoms with van der Waals surface area (Å²) in [4.78, 5) is 3.12. The van der Waals surface area contributed by atoms with E-state index in [9.17, 15) is 17.2 Å². The van der Waals surface area contributed by atoms with Crippen LogP contribution in [0, 0.1) is 0 Å². The Kier molecular flexibility index (Phi) is 3.37. The van der Waals surface area contributed by atoms with Gasteiger partial charge >= 0.3 is 0 Å². The van der Waals surface area contributed by atoms with Crippen LogP contribution in [0.3, 0.4) is 0 Å². The molecule has 0 aliphatic carbocycles. The Morgan fingerprint density at radius 3 is 2.40 bits per heavy atom. The first-order valence-electron chi connectivity index (χ1n) is 3.42. The summed E-state index contributed by atoms with van der Waals surface area (Å²) in [6.07, 6.45) is -3.03. The molecule has 0 aromatic carbocycles. The van der Waals surface area contributed by atoms with Gasteiger partial charge in [-0.3, -0.25) is 0 Å². The molecule has 0 atom stereocenters. The van der Waals surface area contributed by atoms with Gasteiger partial charge in [0.05, 0.1) is 10.7 Å². The third-order valence-corrected chi connectivity index (χ3v) is 3.04. The second-order valence-corrected chi connectivity index (χ2v) is 5.38. The molecule has 84 valence electrons. The molecule has 0 aliphatic heterocycles. The third-order valence-electron chi connectivity index (χ3n) is 1.44. The number of nitrogens with two attached hydrogens (primary N) is 1. The molecule has 0 amide bonds. The summed E-state index contributed by atoms with van der Waals surface area (Å²) in [5.41, 5.74) is 4.00. The van der Waals surface area contributed by atoms with Crippen molar-refractivity contribution in [2.24, 2.45) is 0 Å². The number of halogens is 4. The Bertz CT molecular complexity index is 492. The van der Waals surface area contributed by atoms with E-state index in [1.165, 1.54) is 0 Å². The van der Waals surface area contributed by atoms with E-state index in [1.807, 2.05) is 0 Å². The lowest BCUT2D eigenvalue weighted by Gasteiger charge is -2.06. The number of hydrogen-bond acceptors (Lipinski definition) is 4. The quantitative estimate of drug-likeness (QED) is 0.841. The Labute approximate surface area is 93.4 Å². The van der Waals surface area contributed by atoms with Gasteiger partial charge in [-0.1, -0.05) is 11.6 Å². The molecule has 0 bridgehead atoms. The molecule has 1 rings (SSSR count). The van der Waals surface area contributed by atoms with Crippen LogP contribution < -0.4 is 5.73 Å². The first-order chi connectivity index (χ1) is 6.73. The van der Waals surface area contributed by atoms with Gasteiger partial charge in [0.1, 0.15) is 5.69 Å². The standard InChI is InChI=1S/C6H4Cl2F2N2O2S/c7-4-2(11)1-3(15(8,13)14)12-5(4)6(9)10/h1,6H,(H2,11,12). The molecule has 1 aromatic rings. The van der Waals surface area contributed by atoms with E-state index in [-0.39, 0.29) is 5.69 Å². The monoisotopic (exact) mass is 276 g/mol. The number of pyridine rings is 1. The molecule has 15 heavy (non-hydrogen) atoms. The minimum absolute atomic E-state index is 0.318. The van der Waals surface area contributed by atoms with Crippen LogP contribution in [-0.2, 0) is 9.05 Å². The Morgan fingerprint density at radius 2 is 2.00 bits per heavy atom. The fraction of sp³-hybridized carbons (Fsp3) is 0.167. The van der Waals surface area contributed by atoms with Crippen molar-refractivity contribution in [3.05, 3.63) is 16.8 Å². The molecule has 1 aromatic heterocycles. The summed E-state index contributed by atoms with van der Waals surface area (Å²) >= 11 is 5.40. The number of alkyl halides is 2. The number of rotatable bonds is 2. The summed E-state index contributed by atoms with van der Waals surface area (Å²) in [5, 5.41) is -1.23. The van der Waals surface area contributed by atoms with E-state index < -0.39 is 31.2 Å². The summed E-state index contributed by atoms with van der Waals surface area (Å²) < 4.78 is 46.3. The SMILES string of the molecule is Nc1cc(S(=O)(=O)Cl)nc(C(F)F)c1Cl. The predicted molar refractivity (Wildman–Crippen MR) is 51.7 cm³/mol. The molecule has 0 saturated carbocycles. The smallest absolute Gasteiger partial charge is 0.281 e. The van der Waals surface area contributed by atoms with Crippen LogP contribution in [0.2, 0.25) is 5.02 Å². The number of anilines is 1. The molecular weight excluding hydrogens is 273 g/mol. The molecule has 0 spiro atoms. The second-order valence-electron chi connectivity index (χ2n) is 2.49. The van der Waals surface area contributed by atoms with Crippen molar-refractivity contribution in [1.29, 1.82) is 0 Å². The van der Waals surface area contributed by atoms with E-state index in [1.54, 1.807) is 0 Å². The molecule has 2 N–H and O–H groups in total. The average molecular weight is 277 g/mol. The first kappa shape index (κ1) is 12.4. The lowest BCUT2D eigenvalue weighted by Crippen LogP contribution is -2.03. The van der Waals surface area contributed by atoms with E-state index in [0.29, 0.717) is 0 Å². The maximum Gasteiger partial charge on any atom is 0.281 e. The minimum atomic E-state index is -4.21. The van der Waals surface area contributed by atoms with Crippen LogP contribution in [0.1, 0.15) is 12.1 Å². The van der Waals surface area contributed by atoms with Crippen LogP contribution in [0.5, 0.6) is 0 Å². The topological polar surface area (TPSA) is 73.1 Å². The molecule has 0 fully saturated rings. The molecule has 0 unspecified atom stereocenters. The van der Waals surface area contributed by atoms with Crippen molar-refractivity contribution < 1.29 is 17.2 Å². The Balaban J connectivity index is 3.50. The highest BCUT2D eigenvalue weighted by molar-refractivity contribution is 8.13. The summed E-state index contributed by atoms with van der Waals surface area (Å²) in [6, 6.07) is 0.816. The summed E-state index contributed by atoms with van der Waals surface area (Å²) in [7, 11) is 0.717. The van der Waals surface area contributed by atoms with Crippen molar-refractivity contribution in [3.63, 3.8) is 0 Å². The largest absolute Gasteiger partial charge is 0.397 e. The molecule has 0 radical (unpaired) electrons. The molecule has 1 heterocycles. The van der Waals surface area contributed by atoms with E-state index >= 15 is 0 Å². The van der Waals surface area contributed by atoms with Gasteiger partial charge in [-0.25, -0.2) is 22.2 Å². The van der Waals surface area contributed by atoms with Gasteiger partial charge in [-0.15, -0.1) is 0 Å². The van der Waals surface area contributed by atoms with Crippen LogP contribution in [0.25, 0.3) is 0 Å². The molecule has 0 saturated heterocycles. The Hall–Kier alpha value is -0.660. The van der Waals surface area contributed by atoms with Gasteiger partial charge in [-0.05, 0) is 0 Å². The van der Waals surface area contributed by atoms with Crippen molar-refractivity contribution in [2.75, 3.05) is 5.73 Å². The van der Waals surface area contributed by atoms with Crippen molar-refractivity contribution in [3.8, 4) is 0 Å². The minimum Gasteiger partial charge on any atom is -0.397 e. The van der Waals surface area contributed by atoms with Gasteiger partial charge in [0.25, 0.3) is 15.5 Å². The molecule has 4 nitrogen and oxygen atoms in total. The first-order valence-corrected chi connectivity index (χ1v) is 6.11. The number of aromatic nitrogens is 1. The van der Waals surface area contributed by atoms with Gasteiger partial charge in [0, 0.05) is 16.7 Å². The van der Waals surface area contributed by atoms with Crippen LogP contribution in [0.4, 0.5) is 14.5 Å². The van der Waals surface area contributed by atoms with E-state index in [4.69, 9.17) is 28.0 Å². The molecular formula is C6H4Cl2F2N2O2S. The maximum atomic E-state index is 12.3. The Morgan fingerprint density at radius 1 is 1.47 bits per heavy atom. The lowest BCUT2D eigenvalue weighted by molar-refractivity contribution is 0.145. The summed E-state index contributed by atoms with van der Waals surface area (Å²) in [5.74, 6) is 0. The molecule has 0 aliphatic rings. The van der Waals surface area contributed by atoms with Crippen molar-refractivity contribution in [2.45, 2.75) is 11.5 Å².